The van der Waals surface area contributed by atoms with Gasteiger partial charge in [-0.15, -0.1) is 0 Å². The monoisotopic (exact) mass is 666 g/mol. The number of hydrogen-bond acceptors (Lipinski definition) is 5. The Morgan fingerprint density at radius 1 is 0.571 bits per heavy atom. The highest BCUT2D eigenvalue weighted by molar-refractivity contribution is 6.15. The van der Waals surface area contributed by atoms with E-state index in [2.05, 4.69) is 85.8 Å². The molecule has 1 aliphatic heterocycles. The first kappa shape index (κ1) is 39.0. The number of allylic oxidation sites excluding steroid dienone is 10. The number of carbonyl (C=O) groups excluding carboxylic acids is 1. The van der Waals surface area contributed by atoms with E-state index in [1.807, 2.05) is 6.08 Å². The first-order valence-corrected chi connectivity index (χ1v) is 17.6. The van der Waals surface area contributed by atoms with E-state index in [9.17, 15) is 20.1 Å². The number of fused-ring (bicyclic) bond motifs is 2. The van der Waals surface area contributed by atoms with Crippen LogP contribution >= 0.6 is 0 Å². The van der Waals surface area contributed by atoms with Crippen molar-refractivity contribution in [2.45, 2.75) is 107 Å². The minimum atomic E-state index is -0.312. The lowest BCUT2D eigenvalue weighted by Crippen LogP contribution is -2.30. The summed E-state index contributed by atoms with van der Waals surface area (Å²) in [5.41, 5.74) is 9.15. The largest absolute Gasteiger partial charge is 0.508 e. The van der Waals surface area contributed by atoms with Crippen molar-refractivity contribution in [2.75, 3.05) is 22.9 Å². The average molecular weight is 667 g/mol. The normalized spacial score (nSPS) is 14.0. The van der Waals surface area contributed by atoms with Crippen LogP contribution in [0.4, 0.5) is 17.1 Å². The maximum Gasteiger partial charge on any atom is 0.260 e. The van der Waals surface area contributed by atoms with E-state index >= 15 is 0 Å². The number of para-hydroxylation sites is 1. The first-order valence-electron chi connectivity index (χ1n) is 17.6. The molecule has 0 radical (unpaired) electrons. The third-order valence-electron chi connectivity index (χ3n) is 8.87. The molecule has 0 aliphatic carbocycles. The van der Waals surface area contributed by atoms with Crippen LogP contribution in [-0.4, -0.2) is 34.3 Å². The summed E-state index contributed by atoms with van der Waals surface area (Å²) in [6, 6.07) is 7.73. The number of phenols is 3. The highest BCUT2D eigenvalue weighted by Gasteiger charge is 2.34. The van der Waals surface area contributed by atoms with Crippen molar-refractivity contribution in [3.8, 4) is 17.2 Å². The number of anilines is 3. The second-order valence-electron chi connectivity index (χ2n) is 14.0. The number of hydrogen-bond donors (Lipinski definition) is 3. The average Bonchev–Trinajstić information content (AvgIpc) is 3.11. The second-order valence-corrected chi connectivity index (χ2v) is 14.0. The Morgan fingerprint density at radius 2 is 1.04 bits per heavy atom. The zero-order valence-electron chi connectivity index (χ0n) is 31.1. The third kappa shape index (κ3) is 11.9. The molecule has 1 heterocycles. The lowest BCUT2D eigenvalue weighted by atomic mass is 10.1. The van der Waals surface area contributed by atoms with Crippen molar-refractivity contribution in [1.82, 2.24) is 0 Å². The van der Waals surface area contributed by atoms with Gasteiger partial charge >= 0.3 is 0 Å². The van der Waals surface area contributed by atoms with Gasteiger partial charge in [0.2, 0.25) is 0 Å². The fraction of sp³-hybridized carbons (Fsp3) is 0.419. The predicted molar refractivity (Wildman–Crippen MR) is 207 cm³/mol. The molecule has 0 saturated heterocycles. The molecular weight excluding hydrogens is 608 g/mol. The molecule has 1 aliphatic rings. The predicted octanol–water partition coefficient (Wildman–Crippen LogP) is 11.7. The Kier molecular flexibility index (Phi) is 15.1. The molecule has 0 unspecified atom stereocenters. The van der Waals surface area contributed by atoms with Crippen molar-refractivity contribution < 1.29 is 20.1 Å². The number of benzene rings is 2. The molecular formula is C43H58N2O4. The Morgan fingerprint density at radius 3 is 1.55 bits per heavy atom. The summed E-state index contributed by atoms with van der Waals surface area (Å²) in [6.07, 6.45) is 21.0. The fourth-order valence-corrected chi connectivity index (χ4v) is 5.96. The molecule has 0 bridgehead atoms. The molecule has 264 valence electrons. The molecule has 0 fully saturated rings. The maximum atomic E-state index is 14.2. The summed E-state index contributed by atoms with van der Waals surface area (Å²) in [7, 11) is 0. The van der Waals surface area contributed by atoms with Crippen LogP contribution in [0, 0.1) is 0 Å². The Balaban J connectivity index is 1.88. The van der Waals surface area contributed by atoms with E-state index in [0.717, 1.165) is 62.5 Å². The van der Waals surface area contributed by atoms with Crippen LogP contribution in [0.25, 0.3) is 0 Å². The molecule has 3 rings (SSSR count). The Hall–Kier alpha value is -4.45. The number of rotatable bonds is 16. The zero-order chi connectivity index (χ0) is 36.1. The van der Waals surface area contributed by atoms with Crippen LogP contribution < -0.4 is 9.80 Å². The van der Waals surface area contributed by atoms with Gasteiger partial charge in [-0.2, -0.15) is 0 Å². The van der Waals surface area contributed by atoms with E-state index < -0.39 is 0 Å². The van der Waals surface area contributed by atoms with Crippen molar-refractivity contribution in [1.29, 1.82) is 0 Å². The molecule has 0 saturated carbocycles. The molecule has 0 aromatic heterocycles. The molecule has 2 aromatic carbocycles. The van der Waals surface area contributed by atoms with Crippen LogP contribution in [0.3, 0.4) is 0 Å². The van der Waals surface area contributed by atoms with E-state index in [1.54, 1.807) is 28.0 Å². The van der Waals surface area contributed by atoms with Crippen LogP contribution in [-0.2, 0) is 0 Å². The quantitative estimate of drug-likeness (QED) is 0.155. The summed E-state index contributed by atoms with van der Waals surface area (Å²) in [5.74, 6) is -0.671. The molecule has 1 amide bonds. The molecule has 3 N–H and O–H groups in total. The fourth-order valence-electron chi connectivity index (χ4n) is 5.96. The molecule has 49 heavy (non-hydrogen) atoms. The van der Waals surface area contributed by atoms with Crippen LogP contribution in [0.1, 0.15) is 117 Å². The Bertz CT molecular complexity index is 1650. The molecule has 0 spiro atoms. The summed E-state index contributed by atoms with van der Waals surface area (Å²) >= 11 is 0. The van der Waals surface area contributed by atoms with Crippen molar-refractivity contribution >= 4 is 23.0 Å². The smallest absolute Gasteiger partial charge is 0.260 e. The van der Waals surface area contributed by atoms with Crippen LogP contribution in [0.5, 0.6) is 17.2 Å². The Labute approximate surface area is 295 Å². The maximum absolute atomic E-state index is 14.2. The number of carbonyl (C=O) groups is 1. The van der Waals surface area contributed by atoms with Gasteiger partial charge in [0.05, 0.1) is 16.9 Å². The minimum absolute atomic E-state index is 0.0504. The summed E-state index contributed by atoms with van der Waals surface area (Å²) in [5, 5.41) is 33.0. The molecule has 6 nitrogen and oxygen atoms in total. The zero-order valence-corrected chi connectivity index (χ0v) is 31.1. The number of amides is 1. The molecule has 0 atom stereocenters. The van der Waals surface area contributed by atoms with E-state index in [-0.39, 0.29) is 29.7 Å². The van der Waals surface area contributed by atoms with Gasteiger partial charge in [-0.25, -0.2) is 0 Å². The summed E-state index contributed by atoms with van der Waals surface area (Å²) in [4.78, 5) is 17.6. The van der Waals surface area contributed by atoms with Crippen molar-refractivity contribution in [3.63, 3.8) is 0 Å². The van der Waals surface area contributed by atoms with E-state index in [0.29, 0.717) is 29.2 Å². The molecule has 2 aromatic rings. The van der Waals surface area contributed by atoms with Gasteiger partial charge in [0.25, 0.3) is 5.91 Å². The van der Waals surface area contributed by atoms with E-state index in [1.165, 1.54) is 34.4 Å². The van der Waals surface area contributed by atoms with Crippen LogP contribution in [0.2, 0.25) is 0 Å². The topological polar surface area (TPSA) is 84.2 Å². The lowest BCUT2D eigenvalue weighted by Gasteiger charge is -2.28. The van der Waals surface area contributed by atoms with Crippen LogP contribution in [0.15, 0.2) is 100 Å². The SMILES string of the molecule is CC(C)=CCC/C(C)=C/CC/C(C)=C/CN1C(=O)c2cccc(O)c2N(C/C=C(\C)CC/C=C(\C)CCC=C(C)C)c2c(O)cc(O)cc21. The van der Waals surface area contributed by atoms with Crippen molar-refractivity contribution in [2.24, 2.45) is 0 Å². The minimum Gasteiger partial charge on any atom is -0.508 e. The number of aromatic hydroxyl groups is 3. The van der Waals surface area contributed by atoms with E-state index in [4.69, 9.17) is 0 Å². The third-order valence-corrected chi connectivity index (χ3v) is 8.87. The number of nitrogens with zero attached hydrogens (tertiary/aromatic N) is 2. The van der Waals surface area contributed by atoms with Gasteiger partial charge < -0.3 is 25.1 Å². The van der Waals surface area contributed by atoms with Gasteiger partial charge in [-0.1, -0.05) is 76.0 Å². The highest BCUT2D eigenvalue weighted by atomic mass is 16.3. The second kappa shape index (κ2) is 18.9. The number of phenolic OH excluding ortho intramolecular Hbond substituents is 3. The highest BCUT2D eigenvalue weighted by Crippen LogP contribution is 2.50. The lowest BCUT2D eigenvalue weighted by molar-refractivity contribution is 0.0990. The van der Waals surface area contributed by atoms with Gasteiger partial charge in [0, 0.05) is 25.2 Å². The van der Waals surface area contributed by atoms with Gasteiger partial charge in [0.1, 0.15) is 22.9 Å². The standard InChI is InChI=1S/C43H58N2O4/c1-30(2)14-9-16-32(5)18-11-20-34(7)24-26-44-38-28-36(46)29-40(48)42(38)45(41-37(43(44)49)22-13-23-39(41)47)27-25-35(8)21-12-19-33(6)17-10-15-31(3)4/h13-15,18-19,22-25,28-29,46-48H,9-12,16-17,20-21,26-27H2,1-8H3/b32-18+,33-19+,34-24+,35-25+. The van der Waals surface area contributed by atoms with Crippen molar-refractivity contribution in [3.05, 3.63) is 106 Å². The van der Waals surface area contributed by atoms with Gasteiger partial charge in [-0.3, -0.25) is 4.79 Å². The first-order chi connectivity index (χ1) is 23.3. The summed E-state index contributed by atoms with van der Waals surface area (Å²) in [6.45, 7) is 17.6. The van der Waals surface area contributed by atoms with Gasteiger partial charge in [-0.05, 0) is 119 Å². The molecule has 6 heteroatoms. The van der Waals surface area contributed by atoms with Gasteiger partial charge in [0.15, 0.2) is 0 Å². The summed E-state index contributed by atoms with van der Waals surface area (Å²) < 4.78 is 0.